The number of ether oxygens (including phenoxy) is 1. The van der Waals surface area contributed by atoms with Crippen LogP contribution >= 0.6 is 11.3 Å². The first-order valence-corrected chi connectivity index (χ1v) is 12.0. The number of piperazine rings is 1. The zero-order chi connectivity index (χ0) is 21.5. The van der Waals surface area contributed by atoms with E-state index in [0.29, 0.717) is 5.92 Å². The molecule has 6 nitrogen and oxygen atoms in total. The van der Waals surface area contributed by atoms with Crippen molar-refractivity contribution < 1.29 is 4.74 Å². The third-order valence-corrected chi connectivity index (χ3v) is 8.03. The number of hydrogen-bond acceptors (Lipinski definition) is 6. The molecule has 2 aromatic heterocycles. The molecule has 3 heterocycles. The largest absolute Gasteiger partial charge is 0.497 e. The fourth-order valence-electron chi connectivity index (χ4n) is 4.90. The summed E-state index contributed by atoms with van der Waals surface area (Å²) in [5.74, 6) is 2.37. The quantitative estimate of drug-likeness (QED) is 0.667. The number of aromatic amines is 1. The van der Waals surface area contributed by atoms with Crippen LogP contribution in [0.2, 0.25) is 0 Å². The molecular weight excluding hydrogens is 408 g/mol. The zero-order valence-corrected chi connectivity index (χ0v) is 19.3. The summed E-state index contributed by atoms with van der Waals surface area (Å²) in [5.41, 5.74) is 2.51. The molecule has 0 radical (unpaired) electrons. The van der Waals surface area contributed by atoms with Crippen molar-refractivity contribution in [3.63, 3.8) is 0 Å². The zero-order valence-electron chi connectivity index (χ0n) is 18.5. The van der Waals surface area contributed by atoms with Crippen molar-refractivity contribution in [3.8, 4) is 5.75 Å². The third-order valence-electron chi connectivity index (χ3n) is 6.88. The lowest BCUT2D eigenvalue weighted by Crippen LogP contribution is -2.47. The molecule has 31 heavy (non-hydrogen) atoms. The summed E-state index contributed by atoms with van der Waals surface area (Å²) >= 11 is 1.73. The van der Waals surface area contributed by atoms with E-state index in [-0.39, 0.29) is 11.6 Å². The van der Waals surface area contributed by atoms with Gasteiger partial charge in [0.1, 0.15) is 16.4 Å². The molecule has 1 aliphatic heterocycles. The van der Waals surface area contributed by atoms with Crippen LogP contribution in [-0.4, -0.2) is 48.2 Å². The maximum atomic E-state index is 13.0. The fraction of sp³-hybridized carbons (Fsp3) is 0.500. The van der Waals surface area contributed by atoms with Crippen molar-refractivity contribution in [3.05, 3.63) is 50.9 Å². The highest BCUT2D eigenvalue weighted by atomic mass is 32.1. The Hall–Kier alpha value is -2.38. The summed E-state index contributed by atoms with van der Waals surface area (Å²) in [6, 6.07) is 8.34. The van der Waals surface area contributed by atoms with Crippen LogP contribution in [-0.2, 0) is 12.8 Å². The van der Waals surface area contributed by atoms with E-state index in [2.05, 4.69) is 40.8 Å². The average molecular weight is 439 g/mol. The molecule has 2 atom stereocenters. The van der Waals surface area contributed by atoms with Crippen LogP contribution in [0, 0.1) is 5.92 Å². The fourth-order valence-corrected chi connectivity index (χ4v) is 6.29. The first-order chi connectivity index (χ1) is 15.0. The van der Waals surface area contributed by atoms with E-state index in [1.807, 2.05) is 12.1 Å². The molecule has 0 saturated carbocycles. The Labute approximate surface area is 186 Å². The van der Waals surface area contributed by atoms with E-state index in [0.717, 1.165) is 67.2 Å². The second-order valence-electron chi connectivity index (χ2n) is 8.88. The Morgan fingerprint density at radius 2 is 1.94 bits per heavy atom. The number of methoxy groups -OCH3 is 1. The number of hydrogen-bond donors (Lipinski definition) is 1. The summed E-state index contributed by atoms with van der Waals surface area (Å²) in [5, 5.41) is 0.840. The van der Waals surface area contributed by atoms with Gasteiger partial charge in [-0.1, -0.05) is 6.92 Å². The lowest BCUT2D eigenvalue weighted by Gasteiger charge is -2.38. The van der Waals surface area contributed by atoms with Gasteiger partial charge in [0.05, 0.1) is 18.5 Å². The van der Waals surface area contributed by atoms with Crippen LogP contribution in [0.1, 0.15) is 42.6 Å². The Bertz CT molecular complexity index is 1130. The number of thiophene rings is 1. The van der Waals surface area contributed by atoms with Crippen molar-refractivity contribution in [2.75, 3.05) is 38.2 Å². The predicted octanol–water partition coefficient (Wildman–Crippen LogP) is 4.00. The van der Waals surface area contributed by atoms with Gasteiger partial charge in [-0.05, 0) is 61.9 Å². The molecule has 7 heteroatoms. The molecule has 5 rings (SSSR count). The predicted molar refractivity (Wildman–Crippen MR) is 127 cm³/mol. The SMILES string of the molecule is COc1ccc(N2CCN(C(C)c3nc4sc5c(c4c(=O)[nH]3)CCC(C)C5)CC2)cc1. The van der Waals surface area contributed by atoms with Crippen molar-refractivity contribution in [2.45, 2.75) is 39.2 Å². The van der Waals surface area contributed by atoms with E-state index in [1.165, 1.54) is 16.1 Å². The molecule has 1 saturated heterocycles. The Morgan fingerprint density at radius 1 is 1.19 bits per heavy atom. The highest BCUT2D eigenvalue weighted by Crippen LogP contribution is 2.36. The van der Waals surface area contributed by atoms with Crippen LogP contribution in [0.5, 0.6) is 5.75 Å². The van der Waals surface area contributed by atoms with Crippen molar-refractivity contribution in [2.24, 2.45) is 5.92 Å². The van der Waals surface area contributed by atoms with Crippen LogP contribution in [0.3, 0.4) is 0 Å². The van der Waals surface area contributed by atoms with Gasteiger partial charge < -0.3 is 14.6 Å². The van der Waals surface area contributed by atoms with Gasteiger partial charge in [0, 0.05) is 36.7 Å². The molecule has 164 valence electrons. The molecule has 0 spiro atoms. The standard InChI is InChI=1S/C24H30N4O2S/c1-15-4-9-19-20(14-15)31-24-21(19)23(29)25-22(26-24)16(2)27-10-12-28(13-11-27)17-5-7-18(30-3)8-6-17/h5-8,15-16H,4,9-14H2,1-3H3,(H,25,26,29). The van der Waals surface area contributed by atoms with E-state index >= 15 is 0 Å². The average Bonchev–Trinajstić information content (AvgIpc) is 3.16. The summed E-state index contributed by atoms with van der Waals surface area (Å²) in [7, 11) is 1.69. The Kier molecular flexibility index (Phi) is 5.48. The Balaban J connectivity index is 1.32. The van der Waals surface area contributed by atoms with Crippen LogP contribution in [0.4, 0.5) is 5.69 Å². The van der Waals surface area contributed by atoms with Gasteiger partial charge in [-0.25, -0.2) is 4.98 Å². The topological polar surface area (TPSA) is 61.5 Å². The number of benzene rings is 1. The van der Waals surface area contributed by atoms with Gasteiger partial charge in [0.25, 0.3) is 5.56 Å². The molecule has 3 aromatic rings. The molecule has 1 aliphatic carbocycles. The number of aromatic nitrogens is 2. The van der Waals surface area contributed by atoms with Gasteiger partial charge in [-0.2, -0.15) is 0 Å². The number of nitrogens with zero attached hydrogens (tertiary/aromatic N) is 3. The van der Waals surface area contributed by atoms with E-state index in [4.69, 9.17) is 9.72 Å². The summed E-state index contributed by atoms with van der Waals surface area (Å²) in [6.07, 6.45) is 3.24. The normalized spacial score (nSPS) is 20.6. The second kappa shape index (κ2) is 8.28. The Morgan fingerprint density at radius 3 is 2.65 bits per heavy atom. The third kappa shape index (κ3) is 3.85. The number of aryl methyl sites for hydroxylation is 1. The first-order valence-electron chi connectivity index (χ1n) is 11.2. The van der Waals surface area contributed by atoms with Crippen molar-refractivity contribution >= 4 is 27.2 Å². The van der Waals surface area contributed by atoms with Crippen molar-refractivity contribution in [1.82, 2.24) is 14.9 Å². The number of fused-ring (bicyclic) bond motifs is 3. The molecule has 1 N–H and O–H groups in total. The first kappa shape index (κ1) is 20.5. The van der Waals surface area contributed by atoms with Gasteiger partial charge in [-0.15, -0.1) is 11.3 Å². The molecule has 2 aliphatic rings. The smallest absolute Gasteiger partial charge is 0.259 e. The lowest BCUT2D eigenvalue weighted by molar-refractivity contribution is 0.192. The molecule has 1 aromatic carbocycles. The van der Waals surface area contributed by atoms with E-state index in [9.17, 15) is 4.79 Å². The minimum Gasteiger partial charge on any atom is -0.497 e. The van der Waals surface area contributed by atoms with Crippen LogP contribution in [0.25, 0.3) is 10.2 Å². The maximum absolute atomic E-state index is 13.0. The maximum Gasteiger partial charge on any atom is 0.259 e. The van der Waals surface area contributed by atoms with Crippen LogP contribution < -0.4 is 15.2 Å². The number of nitrogens with one attached hydrogen (secondary N) is 1. The summed E-state index contributed by atoms with van der Waals surface area (Å²) < 4.78 is 5.26. The van der Waals surface area contributed by atoms with E-state index < -0.39 is 0 Å². The van der Waals surface area contributed by atoms with Gasteiger partial charge in [0.2, 0.25) is 0 Å². The molecule has 2 unspecified atom stereocenters. The molecule has 1 fully saturated rings. The minimum atomic E-state index is 0.0378. The van der Waals surface area contributed by atoms with Gasteiger partial charge >= 0.3 is 0 Å². The molecule has 0 amide bonds. The summed E-state index contributed by atoms with van der Waals surface area (Å²) in [4.78, 5) is 28.1. The highest BCUT2D eigenvalue weighted by molar-refractivity contribution is 7.18. The second-order valence-corrected chi connectivity index (χ2v) is 9.96. The van der Waals surface area contributed by atoms with E-state index in [1.54, 1.807) is 18.4 Å². The lowest BCUT2D eigenvalue weighted by atomic mass is 9.89. The van der Waals surface area contributed by atoms with Crippen molar-refractivity contribution in [1.29, 1.82) is 0 Å². The molecular formula is C24H30N4O2S. The summed E-state index contributed by atoms with van der Waals surface area (Å²) in [6.45, 7) is 8.23. The number of anilines is 1. The van der Waals surface area contributed by atoms with Crippen LogP contribution in [0.15, 0.2) is 29.1 Å². The molecule has 0 bridgehead atoms. The number of rotatable bonds is 4. The minimum absolute atomic E-state index is 0.0378. The number of H-pyrrole nitrogens is 1. The highest BCUT2D eigenvalue weighted by Gasteiger charge is 2.27. The van der Waals surface area contributed by atoms with Gasteiger partial charge in [0.15, 0.2) is 0 Å². The monoisotopic (exact) mass is 438 g/mol. The van der Waals surface area contributed by atoms with Gasteiger partial charge in [-0.3, -0.25) is 9.69 Å².